The van der Waals surface area contributed by atoms with Crippen LogP contribution < -0.4 is 14.8 Å². The van der Waals surface area contributed by atoms with Crippen molar-refractivity contribution in [1.82, 2.24) is 20.2 Å². The quantitative estimate of drug-likeness (QED) is 0.705. The van der Waals surface area contributed by atoms with Crippen LogP contribution >= 0.6 is 0 Å². The van der Waals surface area contributed by atoms with Crippen molar-refractivity contribution in [2.24, 2.45) is 0 Å². The minimum atomic E-state index is -0.108. The number of allylic oxidation sites excluding steroid dienone is 2. The molecule has 1 aliphatic carbocycles. The molecule has 0 radical (unpaired) electrons. The first-order chi connectivity index (χ1) is 14.8. The Labute approximate surface area is 175 Å². The summed E-state index contributed by atoms with van der Waals surface area (Å²) in [6.45, 7) is 0. The molecule has 152 valence electrons. The van der Waals surface area contributed by atoms with Crippen LogP contribution in [0, 0.1) is 0 Å². The molecule has 3 aromatic rings. The maximum absolute atomic E-state index is 5.67. The molecular formula is C23H23N5O2. The molecule has 1 atom stereocenters. The summed E-state index contributed by atoms with van der Waals surface area (Å²) in [6.07, 6.45) is 5.21. The molecule has 30 heavy (non-hydrogen) atoms. The second-order valence-electron chi connectivity index (χ2n) is 7.38. The normalized spacial score (nSPS) is 19.1. The lowest BCUT2D eigenvalue weighted by Crippen LogP contribution is -2.28. The van der Waals surface area contributed by atoms with Gasteiger partial charge in [-0.25, -0.2) is 0 Å². The number of rotatable bonds is 4. The maximum atomic E-state index is 5.67. The highest BCUT2D eigenvalue weighted by Gasteiger charge is 2.35. The molecule has 2 aromatic carbocycles. The summed E-state index contributed by atoms with van der Waals surface area (Å²) >= 11 is 0. The van der Waals surface area contributed by atoms with Crippen molar-refractivity contribution in [3.8, 4) is 11.5 Å². The summed E-state index contributed by atoms with van der Waals surface area (Å²) in [5.74, 6) is 2.33. The van der Waals surface area contributed by atoms with Crippen molar-refractivity contribution in [2.75, 3.05) is 19.5 Å². The van der Waals surface area contributed by atoms with Crippen LogP contribution in [0.2, 0.25) is 0 Å². The van der Waals surface area contributed by atoms with Crippen molar-refractivity contribution in [3.63, 3.8) is 0 Å². The summed E-state index contributed by atoms with van der Waals surface area (Å²) < 4.78 is 13.1. The van der Waals surface area contributed by atoms with Crippen molar-refractivity contribution in [2.45, 2.75) is 25.3 Å². The molecule has 0 saturated heterocycles. The second-order valence-corrected chi connectivity index (χ2v) is 7.38. The molecule has 0 spiro atoms. The number of hydrogen-bond donors (Lipinski definition) is 1. The molecule has 0 amide bonds. The molecule has 7 heteroatoms. The molecule has 1 aromatic heterocycles. The SMILES string of the molecule is COc1ccccc1/C=C1\CCCC2=C1Nc1nnnn1[C@H]2c1ccccc1OC. The number of ether oxygens (including phenoxy) is 2. The average Bonchev–Trinajstić information content (AvgIpc) is 3.26. The molecular weight excluding hydrogens is 378 g/mol. The number of benzene rings is 2. The van der Waals surface area contributed by atoms with Crippen LogP contribution in [0.4, 0.5) is 5.95 Å². The highest BCUT2D eigenvalue weighted by Crippen LogP contribution is 2.45. The fourth-order valence-corrected chi connectivity index (χ4v) is 4.40. The van der Waals surface area contributed by atoms with Gasteiger partial charge in [-0.1, -0.05) is 41.5 Å². The Morgan fingerprint density at radius 2 is 1.77 bits per heavy atom. The summed E-state index contributed by atoms with van der Waals surface area (Å²) in [4.78, 5) is 0. The molecule has 0 fully saturated rings. The third-order valence-electron chi connectivity index (χ3n) is 5.74. The standard InChI is InChI=1S/C23H23N5O2/c1-29-19-12-5-3-8-15(19)14-16-9-7-11-18-21(16)24-23-25-26-27-28(23)22(18)17-10-4-6-13-20(17)30-2/h3-6,8,10,12-14,22H,7,9,11H2,1-2H3,(H,24,25,27)/b16-14+/t22-/m0/s1. The lowest BCUT2D eigenvalue weighted by Gasteiger charge is -2.34. The van der Waals surface area contributed by atoms with E-state index < -0.39 is 0 Å². The zero-order valence-corrected chi connectivity index (χ0v) is 17.0. The Bertz CT molecular complexity index is 1150. The molecule has 0 saturated carbocycles. The van der Waals surface area contributed by atoms with Crippen LogP contribution in [-0.4, -0.2) is 34.4 Å². The van der Waals surface area contributed by atoms with Gasteiger partial charge in [0.2, 0.25) is 5.95 Å². The van der Waals surface area contributed by atoms with Crippen LogP contribution in [0.15, 0.2) is 65.4 Å². The number of para-hydroxylation sites is 2. The lowest BCUT2D eigenvalue weighted by molar-refractivity contribution is 0.399. The lowest BCUT2D eigenvalue weighted by atomic mass is 9.83. The van der Waals surface area contributed by atoms with E-state index in [1.54, 1.807) is 14.2 Å². The van der Waals surface area contributed by atoms with E-state index in [0.717, 1.165) is 47.6 Å². The van der Waals surface area contributed by atoms with Crippen molar-refractivity contribution >= 4 is 12.0 Å². The summed E-state index contributed by atoms with van der Waals surface area (Å²) in [5.41, 5.74) is 5.72. The zero-order valence-electron chi connectivity index (χ0n) is 17.0. The molecule has 7 nitrogen and oxygen atoms in total. The van der Waals surface area contributed by atoms with E-state index in [9.17, 15) is 0 Å². The van der Waals surface area contributed by atoms with Gasteiger partial charge < -0.3 is 14.8 Å². The van der Waals surface area contributed by atoms with E-state index >= 15 is 0 Å². The Hall–Kier alpha value is -3.61. The Kier molecular flexibility index (Phi) is 4.71. The van der Waals surface area contributed by atoms with Crippen LogP contribution in [0.3, 0.4) is 0 Å². The first-order valence-electron chi connectivity index (χ1n) is 10.0. The van der Waals surface area contributed by atoms with Gasteiger partial charge in [-0.15, -0.1) is 0 Å². The van der Waals surface area contributed by atoms with E-state index in [4.69, 9.17) is 9.47 Å². The number of hydrogen-bond acceptors (Lipinski definition) is 6. The van der Waals surface area contributed by atoms with Gasteiger partial charge in [-0.05, 0) is 59.0 Å². The minimum absolute atomic E-state index is 0.108. The Morgan fingerprint density at radius 3 is 2.60 bits per heavy atom. The molecule has 1 N–H and O–H groups in total. The highest BCUT2D eigenvalue weighted by atomic mass is 16.5. The third kappa shape index (κ3) is 3.03. The Morgan fingerprint density at radius 1 is 1.00 bits per heavy atom. The topological polar surface area (TPSA) is 74.1 Å². The fourth-order valence-electron chi connectivity index (χ4n) is 4.40. The number of aromatic nitrogens is 4. The van der Waals surface area contributed by atoms with Gasteiger partial charge in [0.15, 0.2) is 0 Å². The predicted molar refractivity (Wildman–Crippen MR) is 114 cm³/mol. The van der Waals surface area contributed by atoms with Gasteiger partial charge in [0.25, 0.3) is 0 Å². The largest absolute Gasteiger partial charge is 0.496 e. The van der Waals surface area contributed by atoms with Gasteiger partial charge >= 0.3 is 0 Å². The average molecular weight is 401 g/mol. The molecule has 0 unspecified atom stereocenters. The van der Waals surface area contributed by atoms with Gasteiger partial charge in [-0.2, -0.15) is 4.68 Å². The first kappa shape index (κ1) is 18.4. The van der Waals surface area contributed by atoms with Crippen molar-refractivity contribution in [1.29, 1.82) is 0 Å². The highest BCUT2D eigenvalue weighted by molar-refractivity contribution is 5.68. The van der Waals surface area contributed by atoms with E-state index in [0.29, 0.717) is 5.95 Å². The summed E-state index contributed by atoms with van der Waals surface area (Å²) in [5, 5.41) is 15.9. The minimum Gasteiger partial charge on any atom is -0.496 e. The first-order valence-corrected chi connectivity index (χ1v) is 10.0. The van der Waals surface area contributed by atoms with Crippen LogP contribution in [-0.2, 0) is 0 Å². The zero-order chi connectivity index (χ0) is 20.5. The fraction of sp³-hybridized carbons (Fsp3) is 0.261. The monoisotopic (exact) mass is 401 g/mol. The van der Waals surface area contributed by atoms with Gasteiger partial charge in [0.1, 0.15) is 17.5 Å². The number of tetrazole rings is 1. The molecule has 2 aliphatic rings. The number of nitrogens with zero attached hydrogens (tertiary/aromatic N) is 4. The smallest absolute Gasteiger partial charge is 0.248 e. The predicted octanol–water partition coefficient (Wildman–Crippen LogP) is 4.23. The van der Waals surface area contributed by atoms with Gasteiger partial charge in [0, 0.05) is 16.8 Å². The molecule has 2 heterocycles. The van der Waals surface area contributed by atoms with E-state index in [1.807, 2.05) is 41.1 Å². The number of anilines is 1. The van der Waals surface area contributed by atoms with Crippen LogP contribution in [0.1, 0.15) is 36.4 Å². The van der Waals surface area contributed by atoms with Crippen LogP contribution in [0.5, 0.6) is 11.5 Å². The summed E-state index contributed by atoms with van der Waals surface area (Å²) in [6, 6.07) is 16.0. The number of nitrogens with one attached hydrogen (secondary N) is 1. The summed E-state index contributed by atoms with van der Waals surface area (Å²) in [7, 11) is 3.40. The van der Waals surface area contributed by atoms with E-state index in [-0.39, 0.29) is 6.04 Å². The van der Waals surface area contributed by atoms with Crippen molar-refractivity contribution < 1.29 is 9.47 Å². The van der Waals surface area contributed by atoms with Crippen molar-refractivity contribution in [3.05, 3.63) is 76.5 Å². The molecule has 1 aliphatic heterocycles. The molecule has 0 bridgehead atoms. The maximum Gasteiger partial charge on any atom is 0.248 e. The molecule has 5 rings (SSSR count). The number of fused-ring (bicyclic) bond motifs is 1. The van der Waals surface area contributed by atoms with Gasteiger partial charge in [0.05, 0.1) is 14.2 Å². The number of methoxy groups -OCH3 is 2. The Balaban J connectivity index is 1.67. The third-order valence-corrected chi connectivity index (χ3v) is 5.74. The van der Waals surface area contributed by atoms with Gasteiger partial charge in [-0.3, -0.25) is 0 Å². The van der Waals surface area contributed by atoms with E-state index in [2.05, 4.69) is 39.1 Å². The second kappa shape index (κ2) is 7.67. The van der Waals surface area contributed by atoms with Crippen LogP contribution in [0.25, 0.3) is 6.08 Å². The van der Waals surface area contributed by atoms with E-state index in [1.165, 1.54) is 11.1 Å².